The summed E-state index contributed by atoms with van der Waals surface area (Å²) in [4.78, 5) is 2.66. The summed E-state index contributed by atoms with van der Waals surface area (Å²) in [6.07, 6.45) is 4.16. The maximum absolute atomic E-state index is 3.55. The van der Waals surface area contributed by atoms with Gasteiger partial charge in [-0.2, -0.15) is 0 Å². The van der Waals surface area contributed by atoms with Crippen LogP contribution in [-0.4, -0.2) is 24.5 Å². The Kier molecular flexibility index (Phi) is 2.94. The van der Waals surface area contributed by atoms with Crippen molar-refractivity contribution >= 4 is 0 Å². The van der Waals surface area contributed by atoms with Gasteiger partial charge < -0.3 is 5.32 Å². The van der Waals surface area contributed by atoms with Crippen LogP contribution < -0.4 is 5.32 Å². The second-order valence-electron chi connectivity index (χ2n) is 4.94. The maximum atomic E-state index is 3.55. The number of nitrogens with zero attached hydrogens (tertiary/aromatic N) is 1. The van der Waals surface area contributed by atoms with Gasteiger partial charge in [0, 0.05) is 19.1 Å². The molecule has 2 aliphatic heterocycles. The highest BCUT2D eigenvalue weighted by Crippen LogP contribution is 2.29. The molecule has 0 spiro atoms. The van der Waals surface area contributed by atoms with Gasteiger partial charge in [0.2, 0.25) is 0 Å². The first-order valence-electron chi connectivity index (χ1n) is 6.48. The van der Waals surface area contributed by atoms with Crippen LogP contribution in [0.1, 0.15) is 36.4 Å². The third kappa shape index (κ3) is 1.87. The summed E-state index contributed by atoms with van der Waals surface area (Å²) in [5.41, 5.74) is 3.05. The first-order chi connectivity index (χ1) is 7.95. The van der Waals surface area contributed by atoms with E-state index in [-0.39, 0.29) is 0 Å². The van der Waals surface area contributed by atoms with Crippen LogP contribution in [0.4, 0.5) is 0 Å². The van der Waals surface area contributed by atoms with Crippen molar-refractivity contribution in [2.75, 3.05) is 19.6 Å². The van der Waals surface area contributed by atoms with Crippen molar-refractivity contribution in [3.63, 3.8) is 0 Å². The van der Waals surface area contributed by atoms with Crippen LogP contribution in [0.3, 0.4) is 0 Å². The summed E-state index contributed by atoms with van der Waals surface area (Å²) in [5, 5.41) is 3.55. The third-order valence-corrected chi connectivity index (χ3v) is 3.90. The van der Waals surface area contributed by atoms with Crippen LogP contribution in [0.15, 0.2) is 24.3 Å². The molecule has 2 aliphatic rings. The molecule has 0 amide bonds. The molecule has 1 atom stereocenters. The van der Waals surface area contributed by atoms with Gasteiger partial charge in [0.1, 0.15) is 0 Å². The molecule has 1 aromatic carbocycles. The molecule has 2 heteroatoms. The molecular formula is C14H20N2. The number of likely N-dealkylation sites (tertiary alicyclic amines) is 1. The molecule has 1 unspecified atom stereocenters. The van der Waals surface area contributed by atoms with E-state index in [1.807, 2.05) is 0 Å². The summed E-state index contributed by atoms with van der Waals surface area (Å²) in [7, 11) is 0. The number of piperidine rings is 1. The summed E-state index contributed by atoms with van der Waals surface area (Å²) in [5.74, 6) is 0. The van der Waals surface area contributed by atoms with E-state index in [2.05, 4.69) is 34.5 Å². The van der Waals surface area contributed by atoms with Crippen molar-refractivity contribution in [2.45, 2.75) is 31.8 Å². The standard InChI is InChI=1S/C14H20N2/c1-4-8-16(9-5-1)14-11-15-10-12-6-2-3-7-13(12)14/h2-3,6-7,14-15H,1,4-5,8-11H2. The third-order valence-electron chi connectivity index (χ3n) is 3.90. The molecule has 0 radical (unpaired) electrons. The van der Waals surface area contributed by atoms with Crippen molar-refractivity contribution in [1.82, 2.24) is 10.2 Å². The van der Waals surface area contributed by atoms with Gasteiger partial charge in [0.25, 0.3) is 0 Å². The molecule has 2 heterocycles. The van der Waals surface area contributed by atoms with Gasteiger partial charge in [0.15, 0.2) is 0 Å². The van der Waals surface area contributed by atoms with Crippen LogP contribution >= 0.6 is 0 Å². The molecule has 1 fully saturated rings. The van der Waals surface area contributed by atoms with Crippen LogP contribution in [0.25, 0.3) is 0 Å². The lowest BCUT2D eigenvalue weighted by atomic mass is 9.94. The molecule has 0 bridgehead atoms. The van der Waals surface area contributed by atoms with Crippen LogP contribution in [0, 0.1) is 0 Å². The molecular weight excluding hydrogens is 196 g/mol. The Labute approximate surface area is 97.6 Å². The average molecular weight is 216 g/mol. The Hall–Kier alpha value is -0.860. The highest BCUT2D eigenvalue weighted by molar-refractivity contribution is 5.32. The topological polar surface area (TPSA) is 15.3 Å². The van der Waals surface area contributed by atoms with E-state index in [4.69, 9.17) is 0 Å². The minimum absolute atomic E-state index is 0.616. The van der Waals surface area contributed by atoms with Gasteiger partial charge in [0.05, 0.1) is 0 Å². The van der Waals surface area contributed by atoms with Gasteiger partial charge in [-0.05, 0) is 37.1 Å². The molecule has 3 rings (SSSR count). The zero-order chi connectivity index (χ0) is 10.8. The summed E-state index contributed by atoms with van der Waals surface area (Å²) >= 11 is 0. The fourth-order valence-electron chi connectivity index (χ4n) is 3.03. The largest absolute Gasteiger partial charge is 0.311 e. The predicted octanol–water partition coefficient (Wildman–Crippen LogP) is 2.32. The Morgan fingerprint density at radius 3 is 2.75 bits per heavy atom. The second-order valence-corrected chi connectivity index (χ2v) is 4.94. The fourth-order valence-corrected chi connectivity index (χ4v) is 3.03. The van der Waals surface area contributed by atoms with E-state index in [9.17, 15) is 0 Å². The maximum Gasteiger partial charge on any atom is 0.0476 e. The van der Waals surface area contributed by atoms with Crippen molar-refractivity contribution in [1.29, 1.82) is 0 Å². The molecule has 16 heavy (non-hydrogen) atoms. The van der Waals surface area contributed by atoms with E-state index >= 15 is 0 Å². The van der Waals surface area contributed by atoms with Crippen molar-refractivity contribution < 1.29 is 0 Å². The number of hydrogen-bond donors (Lipinski definition) is 1. The van der Waals surface area contributed by atoms with Gasteiger partial charge in [-0.3, -0.25) is 4.90 Å². The lowest BCUT2D eigenvalue weighted by molar-refractivity contribution is 0.154. The van der Waals surface area contributed by atoms with Crippen molar-refractivity contribution in [3.8, 4) is 0 Å². The molecule has 86 valence electrons. The van der Waals surface area contributed by atoms with Gasteiger partial charge in [-0.25, -0.2) is 0 Å². The first kappa shape index (κ1) is 10.3. The highest BCUT2D eigenvalue weighted by Gasteiger charge is 2.26. The molecule has 0 aromatic heterocycles. The Bertz CT molecular complexity index is 356. The van der Waals surface area contributed by atoms with Crippen LogP contribution in [0.5, 0.6) is 0 Å². The fraction of sp³-hybridized carbons (Fsp3) is 0.571. The number of hydrogen-bond acceptors (Lipinski definition) is 2. The smallest absolute Gasteiger partial charge is 0.0476 e. The minimum Gasteiger partial charge on any atom is -0.311 e. The monoisotopic (exact) mass is 216 g/mol. The van der Waals surface area contributed by atoms with Crippen molar-refractivity contribution in [3.05, 3.63) is 35.4 Å². The Balaban J connectivity index is 1.86. The molecule has 1 aromatic rings. The van der Waals surface area contributed by atoms with E-state index in [0.717, 1.165) is 13.1 Å². The van der Waals surface area contributed by atoms with Crippen LogP contribution in [0.2, 0.25) is 0 Å². The highest BCUT2D eigenvalue weighted by atomic mass is 15.2. The summed E-state index contributed by atoms with van der Waals surface area (Å²) in [6.45, 7) is 4.72. The molecule has 0 saturated carbocycles. The lowest BCUT2D eigenvalue weighted by Crippen LogP contribution is -2.42. The van der Waals surface area contributed by atoms with E-state index < -0.39 is 0 Å². The van der Waals surface area contributed by atoms with Crippen LogP contribution in [-0.2, 0) is 6.54 Å². The first-order valence-corrected chi connectivity index (χ1v) is 6.48. The average Bonchev–Trinajstić information content (AvgIpc) is 2.39. The second kappa shape index (κ2) is 4.56. The van der Waals surface area contributed by atoms with E-state index in [1.165, 1.54) is 37.9 Å². The summed E-state index contributed by atoms with van der Waals surface area (Å²) in [6, 6.07) is 9.53. The van der Waals surface area contributed by atoms with Gasteiger partial charge in [-0.1, -0.05) is 30.7 Å². The Morgan fingerprint density at radius 2 is 1.88 bits per heavy atom. The van der Waals surface area contributed by atoms with E-state index in [1.54, 1.807) is 5.56 Å². The zero-order valence-corrected chi connectivity index (χ0v) is 9.78. The number of benzene rings is 1. The summed E-state index contributed by atoms with van der Waals surface area (Å²) < 4.78 is 0. The molecule has 1 N–H and O–H groups in total. The number of rotatable bonds is 1. The van der Waals surface area contributed by atoms with E-state index in [0.29, 0.717) is 6.04 Å². The Morgan fingerprint density at radius 1 is 1.06 bits per heavy atom. The van der Waals surface area contributed by atoms with Gasteiger partial charge in [-0.15, -0.1) is 0 Å². The van der Waals surface area contributed by atoms with Gasteiger partial charge >= 0.3 is 0 Å². The normalized spacial score (nSPS) is 26.4. The molecule has 2 nitrogen and oxygen atoms in total. The lowest BCUT2D eigenvalue weighted by Gasteiger charge is -2.38. The minimum atomic E-state index is 0.616. The number of nitrogens with one attached hydrogen (secondary N) is 1. The molecule has 0 aliphatic carbocycles. The number of fused-ring (bicyclic) bond motifs is 1. The SMILES string of the molecule is c1ccc2c(c1)CNCC2N1CCCCC1. The van der Waals surface area contributed by atoms with Crippen molar-refractivity contribution in [2.24, 2.45) is 0 Å². The quantitative estimate of drug-likeness (QED) is 0.775. The zero-order valence-electron chi connectivity index (χ0n) is 9.78. The molecule has 1 saturated heterocycles. The predicted molar refractivity (Wildman–Crippen MR) is 66.3 cm³/mol.